The molecular weight excluding hydrogens is 300 g/mol. The lowest BCUT2D eigenvalue weighted by Gasteiger charge is -2.28. The largest absolute Gasteiger partial charge is 0.467 e. The van der Waals surface area contributed by atoms with Crippen molar-refractivity contribution in [3.63, 3.8) is 0 Å². The summed E-state index contributed by atoms with van der Waals surface area (Å²) in [7, 11) is 0. The maximum Gasteiger partial charge on any atom is 0.254 e. The van der Waals surface area contributed by atoms with E-state index in [2.05, 4.69) is 12.2 Å². The Morgan fingerprint density at radius 2 is 2.00 bits per heavy atom. The zero-order valence-electron chi connectivity index (χ0n) is 13.5. The number of halogens is 1. The van der Waals surface area contributed by atoms with Crippen molar-refractivity contribution in [2.24, 2.45) is 17.6 Å². The van der Waals surface area contributed by atoms with E-state index in [0.29, 0.717) is 23.8 Å². The molecule has 1 aromatic rings. The number of carbonyl (C=O) groups excluding carboxylic acids is 1. The fraction of sp³-hybridized carbons (Fsp3) is 0.706. The number of nitrogens with two attached hydrogens (primary N) is 1. The van der Waals surface area contributed by atoms with Crippen LogP contribution in [0.15, 0.2) is 16.7 Å². The van der Waals surface area contributed by atoms with Gasteiger partial charge in [-0.25, -0.2) is 0 Å². The van der Waals surface area contributed by atoms with Crippen molar-refractivity contribution in [2.45, 2.75) is 58.4 Å². The molecule has 22 heavy (non-hydrogen) atoms. The molecule has 0 aromatic carbocycles. The Morgan fingerprint density at radius 1 is 1.32 bits per heavy atom. The zero-order chi connectivity index (χ0) is 15.1. The van der Waals surface area contributed by atoms with Crippen LogP contribution in [-0.2, 0) is 6.54 Å². The van der Waals surface area contributed by atoms with Crippen molar-refractivity contribution in [3.8, 4) is 0 Å². The van der Waals surface area contributed by atoms with E-state index < -0.39 is 0 Å². The van der Waals surface area contributed by atoms with E-state index in [9.17, 15) is 4.79 Å². The Labute approximate surface area is 139 Å². The summed E-state index contributed by atoms with van der Waals surface area (Å²) in [5.41, 5.74) is 6.05. The smallest absolute Gasteiger partial charge is 0.254 e. The lowest BCUT2D eigenvalue weighted by Crippen LogP contribution is -2.31. The second kappa shape index (κ2) is 9.90. The van der Waals surface area contributed by atoms with Gasteiger partial charge in [0.05, 0.1) is 12.1 Å². The minimum atomic E-state index is -0.0495. The predicted molar refractivity (Wildman–Crippen MR) is 91.2 cm³/mol. The van der Waals surface area contributed by atoms with Gasteiger partial charge in [0.2, 0.25) is 0 Å². The molecule has 1 aromatic heterocycles. The van der Waals surface area contributed by atoms with E-state index in [1.165, 1.54) is 51.2 Å². The van der Waals surface area contributed by atoms with Crippen molar-refractivity contribution in [2.75, 3.05) is 6.54 Å². The van der Waals surface area contributed by atoms with Crippen LogP contribution in [0.2, 0.25) is 0 Å². The molecule has 0 atom stereocenters. The number of carbonyl (C=O) groups is 1. The monoisotopic (exact) mass is 328 g/mol. The molecule has 1 fully saturated rings. The number of nitrogens with one attached hydrogen (secondary N) is 1. The van der Waals surface area contributed by atoms with E-state index in [1.807, 2.05) is 0 Å². The molecule has 5 heteroatoms. The number of hydrogen-bond donors (Lipinski definition) is 2. The molecule has 0 radical (unpaired) electrons. The standard InChI is InChI=1S/C17H28N2O2.ClH/c1-2-3-4-13-5-7-14(8-6-13)11-19-17(20)15-9-16(10-18)21-12-15;/h9,12-14H,2-8,10-11,18H2,1H3,(H,19,20);1H. The van der Waals surface area contributed by atoms with Gasteiger partial charge in [0, 0.05) is 6.54 Å². The van der Waals surface area contributed by atoms with E-state index in [4.69, 9.17) is 10.2 Å². The van der Waals surface area contributed by atoms with Gasteiger partial charge in [-0.05, 0) is 30.7 Å². The summed E-state index contributed by atoms with van der Waals surface area (Å²) in [6, 6.07) is 1.72. The summed E-state index contributed by atoms with van der Waals surface area (Å²) < 4.78 is 5.19. The molecule has 1 amide bonds. The van der Waals surface area contributed by atoms with Crippen molar-refractivity contribution < 1.29 is 9.21 Å². The highest BCUT2D eigenvalue weighted by Crippen LogP contribution is 2.31. The molecule has 4 nitrogen and oxygen atoms in total. The van der Waals surface area contributed by atoms with Gasteiger partial charge in [0.1, 0.15) is 12.0 Å². The van der Waals surface area contributed by atoms with Crippen LogP contribution in [0.1, 0.15) is 68.0 Å². The van der Waals surface area contributed by atoms with Gasteiger partial charge in [-0.3, -0.25) is 4.79 Å². The highest BCUT2D eigenvalue weighted by Gasteiger charge is 2.21. The Hall–Kier alpha value is -1.00. The molecule has 126 valence electrons. The number of furan rings is 1. The highest BCUT2D eigenvalue weighted by atomic mass is 35.5. The van der Waals surface area contributed by atoms with Crippen LogP contribution in [0.25, 0.3) is 0 Å². The molecule has 0 spiro atoms. The molecule has 1 aliphatic carbocycles. The van der Waals surface area contributed by atoms with Gasteiger partial charge >= 0.3 is 0 Å². The second-order valence-electron chi connectivity index (χ2n) is 6.24. The van der Waals surface area contributed by atoms with E-state index in [-0.39, 0.29) is 18.3 Å². The molecule has 1 aliphatic rings. The minimum Gasteiger partial charge on any atom is -0.467 e. The third kappa shape index (κ3) is 5.65. The van der Waals surface area contributed by atoms with Crippen molar-refractivity contribution in [1.82, 2.24) is 5.32 Å². The number of amides is 1. The van der Waals surface area contributed by atoms with E-state index in [0.717, 1.165) is 12.5 Å². The Kier molecular flexibility index (Phi) is 8.57. The molecule has 0 unspecified atom stereocenters. The van der Waals surface area contributed by atoms with Crippen LogP contribution < -0.4 is 11.1 Å². The highest BCUT2D eigenvalue weighted by molar-refractivity contribution is 5.93. The maximum atomic E-state index is 12.0. The first-order valence-electron chi connectivity index (χ1n) is 8.28. The van der Waals surface area contributed by atoms with Gasteiger partial charge in [-0.15, -0.1) is 12.4 Å². The Morgan fingerprint density at radius 3 is 2.59 bits per heavy atom. The molecule has 2 rings (SSSR count). The SMILES string of the molecule is CCCCC1CCC(CNC(=O)c2coc(CN)c2)CC1.Cl. The van der Waals surface area contributed by atoms with Crippen LogP contribution in [0, 0.1) is 11.8 Å². The second-order valence-corrected chi connectivity index (χ2v) is 6.24. The maximum absolute atomic E-state index is 12.0. The minimum absolute atomic E-state index is 0. The Bertz CT molecular complexity index is 440. The third-order valence-corrected chi connectivity index (χ3v) is 4.60. The first kappa shape index (κ1) is 19.0. The Balaban J connectivity index is 0.00000242. The van der Waals surface area contributed by atoms with Crippen LogP contribution in [0.5, 0.6) is 0 Å². The summed E-state index contributed by atoms with van der Waals surface area (Å²) >= 11 is 0. The van der Waals surface area contributed by atoms with Gasteiger partial charge < -0.3 is 15.5 Å². The molecule has 0 aliphatic heterocycles. The van der Waals surface area contributed by atoms with Crippen LogP contribution in [0.4, 0.5) is 0 Å². The summed E-state index contributed by atoms with van der Waals surface area (Å²) in [6.07, 6.45) is 10.7. The van der Waals surface area contributed by atoms with E-state index in [1.54, 1.807) is 6.07 Å². The van der Waals surface area contributed by atoms with Gasteiger partial charge in [-0.1, -0.05) is 39.0 Å². The molecule has 3 N–H and O–H groups in total. The lowest BCUT2D eigenvalue weighted by atomic mass is 9.80. The average molecular weight is 329 g/mol. The van der Waals surface area contributed by atoms with Crippen LogP contribution >= 0.6 is 12.4 Å². The van der Waals surface area contributed by atoms with Gasteiger partial charge in [0.25, 0.3) is 5.91 Å². The first-order valence-corrected chi connectivity index (χ1v) is 8.28. The normalized spacial score (nSPS) is 21.2. The lowest BCUT2D eigenvalue weighted by molar-refractivity contribution is 0.0940. The van der Waals surface area contributed by atoms with Crippen LogP contribution in [0.3, 0.4) is 0 Å². The van der Waals surface area contributed by atoms with Gasteiger partial charge in [-0.2, -0.15) is 0 Å². The van der Waals surface area contributed by atoms with Gasteiger partial charge in [0.15, 0.2) is 0 Å². The first-order chi connectivity index (χ1) is 10.2. The summed E-state index contributed by atoms with van der Waals surface area (Å²) in [6.45, 7) is 3.37. The van der Waals surface area contributed by atoms with Crippen molar-refractivity contribution in [3.05, 3.63) is 23.7 Å². The molecule has 0 saturated heterocycles. The topological polar surface area (TPSA) is 68.3 Å². The fourth-order valence-corrected chi connectivity index (χ4v) is 3.16. The quantitative estimate of drug-likeness (QED) is 0.798. The fourth-order valence-electron chi connectivity index (χ4n) is 3.16. The van der Waals surface area contributed by atoms with Crippen molar-refractivity contribution in [1.29, 1.82) is 0 Å². The van der Waals surface area contributed by atoms with E-state index >= 15 is 0 Å². The number of rotatable bonds is 7. The molecule has 1 saturated carbocycles. The van der Waals surface area contributed by atoms with Crippen LogP contribution in [-0.4, -0.2) is 12.5 Å². The summed E-state index contributed by atoms with van der Waals surface area (Å²) in [5.74, 6) is 2.15. The predicted octanol–water partition coefficient (Wildman–Crippen LogP) is 3.89. The molecular formula is C17H29ClN2O2. The summed E-state index contributed by atoms with van der Waals surface area (Å²) in [5, 5.41) is 3.02. The number of hydrogen-bond acceptors (Lipinski definition) is 3. The number of unbranched alkanes of at least 4 members (excludes halogenated alkanes) is 1. The third-order valence-electron chi connectivity index (χ3n) is 4.60. The molecule has 1 heterocycles. The average Bonchev–Trinajstić information content (AvgIpc) is 3.00. The molecule has 0 bridgehead atoms. The zero-order valence-corrected chi connectivity index (χ0v) is 14.3. The summed E-state index contributed by atoms with van der Waals surface area (Å²) in [4.78, 5) is 12.0. The van der Waals surface area contributed by atoms with Crippen molar-refractivity contribution >= 4 is 18.3 Å².